The van der Waals surface area contributed by atoms with E-state index in [9.17, 15) is 10.2 Å². The summed E-state index contributed by atoms with van der Waals surface area (Å²) in [5, 5.41) is 20.1. The summed E-state index contributed by atoms with van der Waals surface area (Å²) in [6.45, 7) is -0.352. The zero-order valence-corrected chi connectivity index (χ0v) is 18.9. The van der Waals surface area contributed by atoms with E-state index in [-0.39, 0.29) is 164 Å². The Labute approximate surface area is 277 Å². The molecule has 0 spiro atoms. The zero-order chi connectivity index (χ0) is 16.3. The number of pyridine rings is 2. The number of aliphatic hydroxyl groups is 2. The summed E-state index contributed by atoms with van der Waals surface area (Å²) in [6.07, 6.45) is 0. The molecule has 2 unspecified atom stereocenters. The minimum absolute atomic E-state index is 0. The van der Waals surface area contributed by atoms with Crippen LogP contribution in [0.15, 0.2) is 12.1 Å². The average molecular weight is 500 g/mol. The number of rotatable bonds is 5. The molecule has 0 saturated carbocycles. The van der Waals surface area contributed by atoms with Gasteiger partial charge in [0.25, 0.3) is 0 Å². The molecule has 0 aliphatic heterocycles. The van der Waals surface area contributed by atoms with Gasteiger partial charge in [-0.15, -0.1) is 18.5 Å². The first-order chi connectivity index (χ1) is 10.5. The molecule has 2 heterocycles. The maximum atomic E-state index is 9.27. The van der Waals surface area contributed by atoms with Gasteiger partial charge in [-0.1, -0.05) is 0 Å². The van der Waals surface area contributed by atoms with Gasteiger partial charge >= 0.3 is 0 Å². The molecule has 150 valence electrons. The second-order valence-electron chi connectivity index (χ2n) is 4.49. The largest absolute Gasteiger partial charge is 0.481 e. The Morgan fingerprint density at radius 2 is 1.08 bits per heavy atom. The van der Waals surface area contributed by atoms with E-state index in [1.165, 1.54) is 14.2 Å². The van der Waals surface area contributed by atoms with Crippen molar-refractivity contribution in [1.29, 1.82) is 0 Å². The fourth-order valence-corrected chi connectivity index (χ4v) is 3.07. The minimum Gasteiger partial charge on any atom is -0.481 e. The van der Waals surface area contributed by atoms with Crippen molar-refractivity contribution in [2.45, 2.75) is 13.2 Å². The first kappa shape index (κ1) is 34.3. The van der Waals surface area contributed by atoms with Crippen LogP contribution in [0.25, 0.3) is 11.1 Å². The SMILES string of the molecule is COc1nc(CO)cc(P)c1-c1c(P)cc(CO)nc1OC.[Ar].[Ar].[Ar].[Ar]. The topological polar surface area (TPSA) is 84.7 Å². The van der Waals surface area contributed by atoms with E-state index >= 15 is 0 Å². The maximum Gasteiger partial charge on any atom is 0.222 e. The predicted molar refractivity (Wildman–Crippen MR) is 91.1 cm³/mol. The van der Waals surface area contributed by atoms with Gasteiger partial charge < -0.3 is 19.7 Å². The standard InChI is InChI=1S/C14H18N2O4P2.4Ar/c1-19-13-11(9(21)3-7(5-17)15-13)12-10(22)4-8(6-18)16-14(12)20-2;;;;/h3-4,17-18H,5-6,21-22H2,1-2H3;;;;. The molecular weight excluding hydrogens is 482 g/mol. The van der Waals surface area contributed by atoms with E-state index in [2.05, 4.69) is 28.4 Å². The van der Waals surface area contributed by atoms with Crippen LogP contribution in [0.4, 0.5) is 0 Å². The van der Waals surface area contributed by atoms with Crippen molar-refractivity contribution in [3.05, 3.63) is 23.5 Å². The molecule has 0 saturated heterocycles. The van der Waals surface area contributed by atoms with Gasteiger partial charge in [0.05, 0.1) is 49.9 Å². The van der Waals surface area contributed by atoms with E-state index in [1.807, 2.05) is 0 Å². The van der Waals surface area contributed by atoms with Crippen molar-refractivity contribution in [2.24, 2.45) is 0 Å². The molecule has 2 rings (SSSR count). The third-order valence-electron chi connectivity index (χ3n) is 3.10. The Hall–Kier alpha value is 3.72. The van der Waals surface area contributed by atoms with Crippen LogP contribution in [-0.4, -0.2) is 34.4 Å². The zero-order valence-electron chi connectivity index (χ0n) is 13.7. The van der Waals surface area contributed by atoms with Gasteiger partial charge in [-0.05, 0) is 22.7 Å². The smallest absolute Gasteiger partial charge is 0.222 e. The van der Waals surface area contributed by atoms with Gasteiger partial charge in [0, 0.05) is 151 Å². The van der Waals surface area contributed by atoms with Crippen molar-refractivity contribution in [2.75, 3.05) is 14.2 Å². The normalized spacial score (nSPS) is 9.00. The van der Waals surface area contributed by atoms with Gasteiger partial charge in [0.2, 0.25) is 11.8 Å². The van der Waals surface area contributed by atoms with Crippen molar-refractivity contribution in [3.63, 3.8) is 0 Å². The third-order valence-corrected chi connectivity index (χ3v) is 4.01. The van der Waals surface area contributed by atoms with Crippen LogP contribution >= 0.6 is 18.5 Å². The molecule has 2 N–H and O–H groups in total. The molecule has 12 heteroatoms. The van der Waals surface area contributed by atoms with E-state index in [4.69, 9.17) is 9.47 Å². The number of nitrogens with zero attached hydrogens (tertiary/aromatic N) is 2. The van der Waals surface area contributed by atoms with Gasteiger partial charge in [-0.25, -0.2) is 9.97 Å². The molecule has 0 aromatic carbocycles. The average Bonchev–Trinajstić information content (AvgIpc) is 2.53. The summed E-state index contributed by atoms with van der Waals surface area (Å²) < 4.78 is 10.7. The van der Waals surface area contributed by atoms with Gasteiger partial charge in [-0.3, -0.25) is 0 Å². The number of hydrogen-bond acceptors (Lipinski definition) is 6. The Morgan fingerprint density at radius 3 is 1.31 bits per heavy atom. The van der Waals surface area contributed by atoms with Crippen LogP contribution in [0, 0.1) is 151 Å². The Morgan fingerprint density at radius 1 is 0.769 bits per heavy atom. The van der Waals surface area contributed by atoms with Gasteiger partial charge in [-0.2, -0.15) is 0 Å². The van der Waals surface area contributed by atoms with Crippen LogP contribution in [0.5, 0.6) is 11.8 Å². The molecule has 0 bridgehead atoms. The number of methoxy groups -OCH3 is 2. The van der Waals surface area contributed by atoms with Crippen LogP contribution in [0.3, 0.4) is 0 Å². The number of hydrogen-bond donors (Lipinski definition) is 2. The number of ether oxygens (including phenoxy) is 2. The quantitative estimate of drug-likeness (QED) is 0.570. The Kier molecular flexibility index (Phi) is 22.8. The van der Waals surface area contributed by atoms with Gasteiger partial charge in [0.15, 0.2) is 0 Å². The number of aliphatic hydroxyl groups excluding tert-OH is 2. The second-order valence-corrected chi connectivity index (χ2v) is 5.73. The van der Waals surface area contributed by atoms with E-state index < -0.39 is 0 Å². The molecular formula is C14H18Ar4N2O4P2. The van der Waals surface area contributed by atoms with E-state index in [0.29, 0.717) is 34.3 Å². The van der Waals surface area contributed by atoms with Crippen molar-refractivity contribution in [1.82, 2.24) is 9.97 Å². The summed E-state index contributed by atoms with van der Waals surface area (Å²) in [6, 6.07) is 3.51. The molecule has 2 aromatic heterocycles. The van der Waals surface area contributed by atoms with Crippen LogP contribution in [0.2, 0.25) is 0 Å². The molecule has 0 radical (unpaired) electrons. The molecule has 2 aromatic rings. The van der Waals surface area contributed by atoms with Crippen molar-refractivity contribution < 1.29 is 171 Å². The van der Waals surface area contributed by atoms with Crippen molar-refractivity contribution in [3.8, 4) is 22.9 Å². The first-order valence-corrected chi connectivity index (χ1v) is 7.60. The molecule has 2 atom stereocenters. The molecule has 6 nitrogen and oxygen atoms in total. The summed E-state index contributed by atoms with van der Waals surface area (Å²) in [5.74, 6) is 0.745. The predicted octanol–water partition coefficient (Wildman–Crippen LogP) is 0.146. The van der Waals surface area contributed by atoms with Crippen LogP contribution < -0.4 is 20.1 Å². The second kappa shape index (κ2) is 17.3. The van der Waals surface area contributed by atoms with Crippen LogP contribution in [-0.2, 0) is 13.2 Å². The number of aromatic nitrogens is 2. The summed E-state index contributed by atoms with van der Waals surface area (Å²) >= 11 is 0. The monoisotopic (exact) mass is 500 g/mol. The molecule has 26 heavy (non-hydrogen) atoms. The minimum atomic E-state index is -0.176. The summed E-state index contributed by atoms with van der Waals surface area (Å²) in [7, 11) is 8.24. The Balaban J connectivity index is -0.00000132. The summed E-state index contributed by atoms with van der Waals surface area (Å²) in [5.41, 5.74) is 2.44. The summed E-state index contributed by atoms with van der Waals surface area (Å²) in [4.78, 5) is 8.56. The first-order valence-electron chi connectivity index (χ1n) is 6.44. The Bertz CT molecular complexity index is 652. The van der Waals surface area contributed by atoms with Crippen molar-refractivity contribution >= 4 is 29.1 Å². The van der Waals surface area contributed by atoms with E-state index in [0.717, 1.165) is 10.6 Å². The molecule has 0 amide bonds. The molecule has 0 aliphatic rings. The third kappa shape index (κ3) is 8.69. The fraction of sp³-hybridized carbons (Fsp3) is 0.286. The molecule has 0 fully saturated rings. The molecule has 0 aliphatic carbocycles. The fourth-order valence-electron chi connectivity index (χ4n) is 2.15. The van der Waals surface area contributed by atoms with Crippen LogP contribution in [0.1, 0.15) is 11.4 Å². The maximum absolute atomic E-state index is 9.27. The van der Waals surface area contributed by atoms with Gasteiger partial charge in [0.1, 0.15) is 0 Å². The van der Waals surface area contributed by atoms with E-state index in [1.54, 1.807) is 12.1 Å².